The van der Waals surface area contributed by atoms with E-state index in [-0.39, 0.29) is 5.97 Å². The molecule has 2 aromatic carbocycles. The van der Waals surface area contributed by atoms with Crippen LogP contribution in [-0.4, -0.2) is 17.1 Å². The van der Waals surface area contributed by atoms with Gasteiger partial charge in [0.05, 0.1) is 6.61 Å². The van der Waals surface area contributed by atoms with Crippen LogP contribution in [0, 0.1) is 0 Å². The molecule has 0 amide bonds. The number of aromatic nitrogens is 1. The van der Waals surface area contributed by atoms with Crippen LogP contribution in [0.4, 0.5) is 0 Å². The highest BCUT2D eigenvalue weighted by Crippen LogP contribution is 2.28. The third kappa shape index (κ3) is 3.14. The Balaban J connectivity index is 1.72. The largest absolute Gasteiger partial charge is 0.462 e. The van der Waals surface area contributed by atoms with E-state index in [1.54, 1.807) is 6.92 Å². The molecular weight excluding hydrogens is 286 g/mol. The molecule has 0 saturated heterocycles. The van der Waals surface area contributed by atoms with E-state index in [9.17, 15) is 4.79 Å². The maximum atomic E-state index is 11.4. The van der Waals surface area contributed by atoms with Crippen LogP contribution in [0.2, 0.25) is 0 Å². The number of benzene rings is 2. The van der Waals surface area contributed by atoms with Crippen LogP contribution in [-0.2, 0) is 16.1 Å². The number of ether oxygens (including phenoxy) is 1. The van der Waals surface area contributed by atoms with Crippen LogP contribution < -0.4 is 0 Å². The Labute approximate surface area is 136 Å². The molecule has 0 radical (unpaired) electrons. The van der Waals surface area contributed by atoms with Crippen molar-refractivity contribution in [2.24, 2.45) is 0 Å². The Morgan fingerprint density at radius 3 is 2.13 bits per heavy atom. The van der Waals surface area contributed by atoms with E-state index < -0.39 is 0 Å². The first-order chi connectivity index (χ1) is 11.2. The molecule has 3 nitrogen and oxygen atoms in total. The number of carbonyl (C=O) groups is 1. The first-order valence-electron chi connectivity index (χ1n) is 7.97. The van der Waals surface area contributed by atoms with Gasteiger partial charge >= 0.3 is 5.97 Å². The summed E-state index contributed by atoms with van der Waals surface area (Å²) in [6.07, 6.45) is 1.81. The number of nitrogens with zero attached hydrogens (tertiary/aromatic N) is 1. The fourth-order valence-corrected chi connectivity index (χ4v) is 2.90. The summed E-state index contributed by atoms with van der Waals surface area (Å²) >= 11 is 0. The van der Waals surface area contributed by atoms with Gasteiger partial charge in [-0.15, -0.1) is 0 Å². The molecule has 0 spiro atoms. The van der Waals surface area contributed by atoms with E-state index >= 15 is 0 Å². The second-order valence-corrected chi connectivity index (χ2v) is 5.81. The highest BCUT2D eigenvalue weighted by atomic mass is 16.5. The number of aryl methyl sites for hydroxylation is 1. The monoisotopic (exact) mass is 307 g/mol. The SMILES string of the molecule is C=C(C)C(=O)OCCCCn1c2ccccc2c2ccccc21. The van der Waals surface area contributed by atoms with Crippen LogP contribution >= 0.6 is 0 Å². The molecule has 0 saturated carbocycles. The van der Waals surface area contributed by atoms with Gasteiger partial charge in [0.15, 0.2) is 0 Å². The zero-order valence-corrected chi connectivity index (χ0v) is 13.4. The molecule has 3 aromatic rings. The summed E-state index contributed by atoms with van der Waals surface area (Å²) in [6.45, 7) is 6.61. The van der Waals surface area contributed by atoms with Crippen molar-refractivity contribution in [3.63, 3.8) is 0 Å². The molecular formula is C20H21NO2. The zero-order valence-electron chi connectivity index (χ0n) is 13.4. The fourth-order valence-electron chi connectivity index (χ4n) is 2.90. The van der Waals surface area contributed by atoms with Gasteiger partial charge in [0.25, 0.3) is 0 Å². The zero-order chi connectivity index (χ0) is 16.2. The van der Waals surface area contributed by atoms with Crippen molar-refractivity contribution in [3.8, 4) is 0 Å². The Kier molecular flexibility index (Phi) is 4.47. The standard InChI is InChI=1S/C20H21NO2/c1-15(2)20(22)23-14-8-7-13-21-18-11-5-3-9-16(18)17-10-4-6-12-19(17)21/h3-6,9-12H,1,7-8,13-14H2,2H3. The topological polar surface area (TPSA) is 31.2 Å². The molecule has 1 heterocycles. The van der Waals surface area contributed by atoms with Crippen LogP contribution in [0.25, 0.3) is 21.8 Å². The quantitative estimate of drug-likeness (QED) is 0.376. The second kappa shape index (κ2) is 6.69. The first kappa shape index (κ1) is 15.3. The lowest BCUT2D eigenvalue weighted by molar-refractivity contribution is -0.139. The molecule has 3 rings (SSSR count). The second-order valence-electron chi connectivity index (χ2n) is 5.81. The summed E-state index contributed by atoms with van der Waals surface area (Å²) in [4.78, 5) is 11.4. The van der Waals surface area contributed by atoms with Gasteiger partial charge < -0.3 is 9.30 Å². The maximum Gasteiger partial charge on any atom is 0.333 e. The van der Waals surface area contributed by atoms with E-state index in [0.717, 1.165) is 19.4 Å². The predicted molar refractivity (Wildman–Crippen MR) is 94.5 cm³/mol. The van der Waals surface area contributed by atoms with E-state index in [1.165, 1.54) is 21.8 Å². The van der Waals surface area contributed by atoms with Crippen molar-refractivity contribution >= 4 is 27.8 Å². The molecule has 0 atom stereocenters. The van der Waals surface area contributed by atoms with Gasteiger partial charge in [-0.25, -0.2) is 4.79 Å². The Bertz CT molecular complexity index is 807. The van der Waals surface area contributed by atoms with Gasteiger partial charge in [-0.3, -0.25) is 0 Å². The smallest absolute Gasteiger partial charge is 0.333 e. The summed E-state index contributed by atoms with van der Waals surface area (Å²) in [7, 11) is 0. The first-order valence-corrected chi connectivity index (χ1v) is 7.97. The van der Waals surface area contributed by atoms with Crippen LogP contribution in [0.5, 0.6) is 0 Å². The number of rotatable bonds is 6. The summed E-state index contributed by atoms with van der Waals surface area (Å²) in [5, 5.41) is 2.58. The highest BCUT2D eigenvalue weighted by molar-refractivity contribution is 6.07. The molecule has 23 heavy (non-hydrogen) atoms. The van der Waals surface area contributed by atoms with Gasteiger partial charge in [0.2, 0.25) is 0 Å². The lowest BCUT2D eigenvalue weighted by atomic mass is 10.2. The Hall–Kier alpha value is -2.55. The Morgan fingerprint density at radius 1 is 1.00 bits per heavy atom. The molecule has 118 valence electrons. The summed E-state index contributed by atoms with van der Waals surface area (Å²) < 4.78 is 7.50. The minimum Gasteiger partial charge on any atom is -0.462 e. The maximum absolute atomic E-state index is 11.4. The van der Waals surface area contributed by atoms with Gasteiger partial charge in [-0.2, -0.15) is 0 Å². The van der Waals surface area contributed by atoms with Gasteiger partial charge in [0, 0.05) is 33.9 Å². The number of esters is 1. The molecule has 0 aliphatic rings. The molecule has 1 aromatic heterocycles. The van der Waals surface area contributed by atoms with Crippen LogP contribution in [0.15, 0.2) is 60.7 Å². The van der Waals surface area contributed by atoms with Crippen molar-refractivity contribution in [2.75, 3.05) is 6.61 Å². The molecule has 0 fully saturated rings. The van der Waals surface area contributed by atoms with Crippen molar-refractivity contribution in [1.29, 1.82) is 0 Å². The Morgan fingerprint density at radius 2 is 1.57 bits per heavy atom. The number of hydrogen-bond acceptors (Lipinski definition) is 2. The average Bonchev–Trinajstić information content (AvgIpc) is 2.89. The van der Waals surface area contributed by atoms with Crippen molar-refractivity contribution in [1.82, 2.24) is 4.57 Å². The van der Waals surface area contributed by atoms with Gasteiger partial charge in [-0.1, -0.05) is 43.0 Å². The van der Waals surface area contributed by atoms with Gasteiger partial charge in [0.1, 0.15) is 0 Å². The lowest BCUT2D eigenvalue weighted by Gasteiger charge is -2.08. The number of hydrogen-bond donors (Lipinski definition) is 0. The summed E-state index contributed by atoms with van der Waals surface area (Å²) in [6, 6.07) is 17.0. The van der Waals surface area contributed by atoms with Crippen molar-refractivity contribution in [3.05, 3.63) is 60.7 Å². The lowest BCUT2D eigenvalue weighted by Crippen LogP contribution is -2.07. The molecule has 0 aliphatic carbocycles. The minimum absolute atomic E-state index is 0.304. The number of fused-ring (bicyclic) bond motifs is 3. The van der Waals surface area contributed by atoms with Crippen LogP contribution in [0.1, 0.15) is 19.8 Å². The third-order valence-corrected chi connectivity index (χ3v) is 4.04. The molecule has 0 N–H and O–H groups in total. The fraction of sp³-hybridized carbons (Fsp3) is 0.250. The molecule has 0 unspecified atom stereocenters. The number of para-hydroxylation sites is 2. The average molecular weight is 307 g/mol. The van der Waals surface area contributed by atoms with Crippen LogP contribution in [0.3, 0.4) is 0 Å². The number of carbonyl (C=O) groups excluding carboxylic acids is 1. The summed E-state index contributed by atoms with van der Waals surface area (Å²) in [5.74, 6) is -0.304. The molecule has 0 aliphatic heterocycles. The van der Waals surface area contributed by atoms with Crippen molar-refractivity contribution < 1.29 is 9.53 Å². The molecule has 0 bridgehead atoms. The van der Waals surface area contributed by atoms with E-state index in [0.29, 0.717) is 12.2 Å². The normalized spacial score (nSPS) is 11.0. The molecule has 3 heteroatoms. The van der Waals surface area contributed by atoms with Gasteiger partial charge in [-0.05, 0) is 31.9 Å². The summed E-state index contributed by atoms with van der Waals surface area (Å²) in [5.41, 5.74) is 2.97. The van der Waals surface area contributed by atoms with Crippen molar-refractivity contribution in [2.45, 2.75) is 26.3 Å². The third-order valence-electron chi connectivity index (χ3n) is 4.04. The number of unbranched alkanes of at least 4 members (excludes halogenated alkanes) is 1. The predicted octanol–water partition coefficient (Wildman–Crippen LogP) is 4.69. The highest BCUT2D eigenvalue weighted by Gasteiger charge is 2.09. The minimum atomic E-state index is -0.304. The van der Waals surface area contributed by atoms with E-state index in [2.05, 4.69) is 59.7 Å². The van der Waals surface area contributed by atoms with E-state index in [1.807, 2.05) is 0 Å². The van der Waals surface area contributed by atoms with E-state index in [4.69, 9.17) is 4.74 Å².